The van der Waals surface area contributed by atoms with Crippen LogP contribution in [-0.4, -0.2) is 67.0 Å². The molecule has 2 aromatic carbocycles. The molecule has 2 heterocycles. The Morgan fingerprint density at radius 1 is 1.07 bits per heavy atom. The van der Waals surface area contributed by atoms with Gasteiger partial charge in [0, 0.05) is 12.0 Å². The number of aliphatic hydroxyl groups is 3. The average molecular weight is 616 g/mol. The smallest absolute Gasteiger partial charge is 0.430 e. The van der Waals surface area contributed by atoms with Crippen LogP contribution in [0.25, 0.3) is 0 Å². The van der Waals surface area contributed by atoms with Crippen molar-refractivity contribution >= 4 is 21.6 Å². The molecule has 3 atom stereocenters. The lowest BCUT2D eigenvalue weighted by molar-refractivity contribution is -0.376. The number of nitrogens with zero attached hydrogens (tertiary/aromatic N) is 2. The van der Waals surface area contributed by atoms with Crippen molar-refractivity contribution in [3.05, 3.63) is 59.4 Å². The molecule has 9 nitrogen and oxygen atoms in total. The average Bonchev–Trinajstić information content (AvgIpc) is 3.32. The van der Waals surface area contributed by atoms with Gasteiger partial charge in [-0.2, -0.15) is 26.3 Å². The van der Waals surface area contributed by atoms with E-state index in [9.17, 15) is 49.4 Å². The van der Waals surface area contributed by atoms with Gasteiger partial charge in [-0.15, -0.1) is 5.10 Å². The van der Waals surface area contributed by atoms with Gasteiger partial charge >= 0.3 is 12.4 Å². The highest BCUT2D eigenvalue weighted by Gasteiger charge is 2.71. The number of sulfonamides is 1. The van der Waals surface area contributed by atoms with Crippen molar-refractivity contribution in [3.63, 3.8) is 0 Å². The fourth-order valence-corrected chi connectivity index (χ4v) is 6.41. The van der Waals surface area contributed by atoms with E-state index in [0.717, 1.165) is 34.6 Å². The molecule has 2 aliphatic heterocycles. The first-order chi connectivity index (χ1) is 19.0. The monoisotopic (exact) mass is 615 g/mol. The number of hydrogen-bond donors (Lipinski definition) is 4. The van der Waals surface area contributed by atoms with Crippen LogP contribution in [0.4, 0.5) is 36.4 Å². The summed E-state index contributed by atoms with van der Waals surface area (Å²) in [6, 6.07) is 4.27. The Labute approximate surface area is 228 Å². The number of ether oxygens (including phenoxy) is 1. The minimum atomic E-state index is -6.14. The second-order valence-electron chi connectivity index (χ2n) is 9.51. The van der Waals surface area contributed by atoms with Gasteiger partial charge in [-0.3, -0.25) is 9.73 Å². The Morgan fingerprint density at radius 2 is 1.71 bits per heavy atom. The zero-order valence-electron chi connectivity index (χ0n) is 20.8. The van der Waals surface area contributed by atoms with Gasteiger partial charge in [-0.25, -0.2) is 12.8 Å². The van der Waals surface area contributed by atoms with E-state index in [1.807, 2.05) is 0 Å². The maximum absolute atomic E-state index is 13.7. The fourth-order valence-electron chi connectivity index (χ4n) is 4.68. The molecule has 17 heteroatoms. The SMILES string of the molecule is O=S(=O)(c1ccc(F)cc1)N1c2ccc(C(O)(C(F)(F)F)C(F)(F)F)cc2CC[C@H]1CC1NN=C(CC(O)CO)O1. The number of aryl methyl sites for hydroxylation is 1. The Bertz CT molecular complexity index is 1390. The molecule has 0 spiro atoms. The third-order valence-electron chi connectivity index (χ3n) is 6.72. The molecule has 0 radical (unpaired) electrons. The van der Waals surface area contributed by atoms with Crippen LogP contribution in [0.15, 0.2) is 52.5 Å². The van der Waals surface area contributed by atoms with Crippen molar-refractivity contribution in [2.24, 2.45) is 5.10 Å². The molecule has 0 fully saturated rings. The second kappa shape index (κ2) is 10.9. The summed E-state index contributed by atoms with van der Waals surface area (Å²) < 4.78 is 128. The lowest BCUT2D eigenvalue weighted by atomic mass is 9.87. The normalized spacial score (nSPS) is 20.6. The lowest BCUT2D eigenvalue weighted by Gasteiger charge is -2.40. The molecule has 0 saturated heterocycles. The summed E-state index contributed by atoms with van der Waals surface area (Å²) in [5.74, 6) is -0.731. The van der Waals surface area contributed by atoms with Crippen molar-refractivity contribution in [2.75, 3.05) is 10.9 Å². The highest BCUT2D eigenvalue weighted by Crippen LogP contribution is 2.51. The zero-order valence-corrected chi connectivity index (χ0v) is 21.6. The molecule has 4 N–H and O–H groups in total. The number of hydrazone groups is 1. The Morgan fingerprint density at radius 3 is 2.29 bits per heavy atom. The largest absolute Gasteiger partial charge is 0.454 e. The van der Waals surface area contributed by atoms with Gasteiger partial charge in [0.1, 0.15) is 5.82 Å². The highest BCUT2D eigenvalue weighted by atomic mass is 32.2. The number of nitrogens with one attached hydrogen (secondary N) is 1. The second-order valence-corrected chi connectivity index (χ2v) is 11.3. The number of hydrogen-bond acceptors (Lipinski definition) is 8. The van der Waals surface area contributed by atoms with E-state index < -0.39 is 69.2 Å². The topological polar surface area (TPSA) is 132 Å². The van der Waals surface area contributed by atoms with E-state index in [-0.39, 0.29) is 42.8 Å². The van der Waals surface area contributed by atoms with Crippen molar-refractivity contribution < 1.29 is 59.2 Å². The van der Waals surface area contributed by atoms with Crippen molar-refractivity contribution in [3.8, 4) is 0 Å². The number of benzene rings is 2. The number of rotatable bonds is 8. The van der Waals surface area contributed by atoms with E-state index in [1.165, 1.54) is 0 Å². The van der Waals surface area contributed by atoms with E-state index >= 15 is 0 Å². The van der Waals surface area contributed by atoms with Gasteiger partial charge in [0.05, 0.1) is 35.8 Å². The first-order valence-corrected chi connectivity index (χ1v) is 13.5. The molecule has 0 bridgehead atoms. The third-order valence-corrected chi connectivity index (χ3v) is 8.60. The molecule has 41 heavy (non-hydrogen) atoms. The first kappa shape index (κ1) is 30.8. The molecule has 0 aliphatic carbocycles. The van der Waals surface area contributed by atoms with Gasteiger partial charge in [0.2, 0.25) is 5.90 Å². The summed E-state index contributed by atoms with van der Waals surface area (Å²) in [4.78, 5) is -0.397. The summed E-state index contributed by atoms with van der Waals surface area (Å²) in [5, 5.41) is 32.3. The van der Waals surface area contributed by atoms with Gasteiger partial charge in [0.25, 0.3) is 15.6 Å². The van der Waals surface area contributed by atoms with Gasteiger partial charge in [-0.05, 0) is 48.7 Å². The highest BCUT2D eigenvalue weighted by molar-refractivity contribution is 7.92. The summed E-state index contributed by atoms with van der Waals surface area (Å²) in [5.41, 5.74) is -4.58. The molecule has 226 valence electrons. The molecule has 0 saturated carbocycles. The molecular formula is C24H24F7N3O6S. The number of fused-ring (bicyclic) bond motifs is 1. The summed E-state index contributed by atoms with van der Waals surface area (Å²) in [7, 11) is -4.56. The number of alkyl halides is 6. The lowest BCUT2D eigenvalue weighted by Crippen LogP contribution is -2.54. The van der Waals surface area contributed by atoms with Gasteiger partial charge in [-0.1, -0.05) is 12.1 Å². The van der Waals surface area contributed by atoms with E-state index in [1.54, 1.807) is 0 Å². The summed E-state index contributed by atoms with van der Waals surface area (Å²) in [6.07, 6.45) is -14.9. The van der Waals surface area contributed by atoms with E-state index in [0.29, 0.717) is 12.1 Å². The predicted molar refractivity (Wildman–Crippen MR) is 128 cm³/mol. The minimum absolute atomic E-state index is 0.0175. The van der Waals surface area contributed by atoms with Crippen LogP contribution in [0.2, 0.25) is 0 Å². The van der Waals surface area contributed by atoms with Crippen LogP contribution in [0, 0.1) is 5.82 Å². The number of aliphatic hydroxyl groups excluding tert-OH is 2. The van der Waals surface area contributed by atoms with Crippen LogP contribution in [-0.2, 0) is 26.8 Å². The van der Waals surface area contributed by atoms with E-state index in [4.69, 9.17) is 9.84 Å². The van der Waals surface area contributed by atoms with Crippen molar-refractivity contribution in [2.45, 2.75) is 66.9 Å². The van der Waals surface area contributed by atoms with Gasteiger partial charge in [0.15, 0.2) is 6.23 Å². The Kier molecular flexibility index (Phi) is 8.20. The Hall–Kier alpha value is -3.15. The first-order valence-electron chi connectivity index (χ1n) is 12.1. The van der Waals surface area contributed by atoms with Gasteiger partial charge < -0.3 is 20.1 Å². The number of halogens is 7. The molecule has 2 aromatic rings. The standard InChI is InChI=1S/C24H24F7N3O6S/c25-15-3-6-18(7-4-15)41(38,39)34-16(10-20-32-33-21(40-20)11-17(36)12-35)5-1-13-9-14(2-8-19(13)34)22(37,23(26,27)28)24(29,30)31/h2-4,6-9,16-17,20,32,35-37H,1,5,10-12H2/t16-,17?,20?/m0/s1. The quantitative estimate of drug-likeness (QED) is 0.336. The molecule has 0 amide bonds. The maximum atomic E-state index is 13.7. The Balaban J connectivity index is 1.74. The zero-order chi connectivity index (χ0) is 30.4. The van der Waals surface area contributed by atoms with E-state index in [2.05, 4.69) is 10.5 Å². The molecule has 2 aliphatic rings. The van der Waals surface area contributed by atoms with Crippen LogP contribution >= 0.6 is 0 Å². The molecule has 0 aromatic heterocycles. The number of anilines is 1. The molecule has 2 unspecified atom stereocenters. The van der Waals surface area contributed by atoms with Crippen LogP contribution in [0.5, 0.6) is 0 Å². The fraction of sp³-hybridized carbons (Fsp3) is 0.458. The van der Waals surface area contributed by atoms with Crippen LogP contribution in [0.3, 0.4) is 0 Å². The predicted octanol–water partition coefficient (Wildman–Crippen LogP) is 3.04. The minimum Gasteiger partial charge on any atom is -0.454 e. The molecular weight excluding hydrogens is 591 g/mol. The third kappa shape index (κ3) is 5.80. The van der Waals surface area contributed by atoms with Crippen LogP contribution in [0.1, 0.15) is 30.4 Å². The maximum Gasteiger partial charge on any atom is 0.430 e. The van der Waals surface area contributed by atoms with Crippen molar-refractivity contribution in [1.82, 2.24) is 5.43 Å². The van der Waals surface area contributed by atoms with Crippen molar-refractivity contribution in [1.29, 1.82) is 0 Å². The summed E-state index contributed by atoms with van der Waals surface area (Å²) >= 11 is 0. The summed E-state index contributed by atoms with van der Waals surface area (Å²) in [6.45, 7) is -0.573. The molecule has 4 rings (SSSR count). The van der Waals surface area contributed by atoms with Crippen LogP contribution < -0.4 is 9.73 Å².